The van der Waals surface area contributed by atoms with Gasteiger partial charge in [0.2, 0.25) is 0 Å². The molecule has 0 aliphatic carbocycles. The summed E-state index contributed by atoms with van der Waals surface area (Å²) in [5.41, 5.74) is 0. The molecule has 2 N–H and O–H groups in total. The molecule has 1 atom stereocenters. The van der Waals surface area contributed by atoms with Crippen LogP contribution in [0.2, 0.25) is 0 Å². The Labute approximate surface area is 114 Å². The van der Waals surface area contributed by atoms with E-state index >= 15 is 0 Å². The molecule has 0 saturated carbocycles. The van der Waals surface area contributed by atoms with Crippen LogP contribution in [-0.2, 0) is 7.05 Å². The first kappa shape index (κ1) is 14.5. The van der Waals surface area contributed by atoms with Gasteiger partial charge in [-0.1, -0.05) is 0 Å². The highest BCUT2D eigenvalue weighted by Crippen LogP contribution is 2.29. The van der Waals surface area contributed by atoms with E-state index in [2.05, 4.69) is 9.88 Å². The Kier molecular flexibility index (Phi) is 5.36. The van der Waals surface area contributed by atoms with Gasteiger partial charge in [0.1, 0.15) is 11.9 Å². The van der Waals surface area contributed by atoms with Crippen LogP contribution in [0.3, 0.4) is 0 Å². The van der Waals surface area contributed by atoms with Gasteiger partial charge < -0.3 is 19.7 Å². The SMILES string of the molecule is Cn1ccnc1C(O)C1CCN(CCCCO)CC1. The Morgan fingerprint density at radius 1 is 1.37 bits per heavy atom. The lowest BCUT2D eigenvalue weighted by molar-refractivity contribution is 0.0505. The second kappa shape index (κ2) is 7.03. The fourth-order valence-corrected chi connectivity index (χ4v) is 2.81. The number of nitrogens with zero attached hydrogens (tertiary/aromatic N) is 3. The number of aliphatic hydroxyl groups excluding tert-OH is 2. The van der Waals surface area contributed by atoms with E-state index in [-0.39, 0.29) is 6.61 Å². The summed E-state index contributed by atoms with van der Waals surface area (Å²) in [5, 5.41) is 19.2. The third kappa shape index (κ3) is 3.78. The van der Waals surface area contributed by atoms with Crippen LogP contribution in [0, 0.1) is 5.92 Å². The van der Waals surface area contributed by atoms with Crippen molar-refractivity contribution in [3.8, 4) is 0 Å². The number of aromatic nitrogens is 2. The summed E-state index contributed by atoms with van der Waals surface area (Å²) >= 11 is 0. The number of aryl methyl sites for hydroxylation is 1. The molecule has 2 rings (SSSR count). The van der Waals surface area contributed by atoms with Gasteiger partial charge in [-0.2, -0.15) is 0 Å². The van der Waals surface area contributed by atoms with Gasteiger partial charge in [0.15, 0.2) is 0 Å². The van der Waals surface area contributed by atoms with Crippen molar-refractivity contribution < 1.29 is 10.2 Å². The van der Waals surface area contributed by atoms with Crippen LogP contribution < -0.4 is 0 Å². The van der Waals surface area contributed by atoms with Crippen molar-refractivity contribution in [2.45, 2.75) is 31.8 Å². The van der Waals surface area contributed by atoms with Crippen molar-refractivity contribution in [3.05, 3.63) is 18.2 Å². The molecule has 1 fully saturated rings. The Balaban J connectivity index is 1.78. The smallest absolute Gasteiger partial charge is 0.137 e. The first-order valence-corrected chi connectivity index (χ1v) is 7.21. The van der Waals surface area contributed by atoms with Crippen LogP contribution in [0.25, 0.3) is 0 Å². The lowest BCUT2D eigenvalue weighted by Crippen LogP contribution is -2.36. The maximum atomic E-state index is 10.4. The average Bonchev–Trinajstić information content (AvgIpc) is 2.85. The number of hydrogen-bond donors (Lipinski definition) is 2. The van der Waals surface area contributed by atoms with Gasteiger partial charge in [0.05, 0.1) is 0 Å². The number of likely N-dealkylation sites (tertiary alicyclic amines) is 1. The van der Waals surface area contributed by atoms with Crippen LogP contribution in [-0.4, -0.2) is 50.9 Å². The lowest BCUT2D eigenvalue weighted by Gasteiger charge is -2.33. The van der Waals surface area contributed by atoms with Crippen molar-refractivity contribution in [2.24, 2.45) is 13.0 Å². The maximum absolute atomic E-state index is 10.4. The van der Waals surface area contributed by atoms with Crippen molar-refractivity contribution in [3.63, 3.8) is 0 Å². The zero-order chi connectivity index (χ0) is 13.7. The molecule has 1 aromatic heterocycles. The highest BCUT2D eigenvalue weighted by atomic mass is 16.3. The summed E-state index contributed by atoms with van der Waals surface area (Å²) in [4.78, 5) is 6.67. The van der Waals surface area contributed by atoms with Crippen molar-refractivity contribution in [2.75, 3.05) is 26.2 Å². The second-order valence-corrected chi connectivity index (χ2v) is 5.45. The Morgan fingerprint density at radius 2 is 2.11 bits per heavy atom. The quantitative estimate of drug-likeness (QED) is 0.753. The van der Waals surface area contributed by atoms with Crippen molar-refractivity contribution in [1.29, 1.82) is 0 Å². The molecule has 1 aliphatic rings. The molecule has 0 aromatic carbocycles. The number of rotatable bonds is 6. The van der Waals surface area contributed by atoms with Gasteiger partial charge in [-0.25, -0.2) is 4.98 Å². The molecular formula is C14H25N3O2. The molecule has 0 spiro atoms. The number of hydrogen-bond acceptors (Lipinski definition) is 4. The monoisotopic (exact) mass is 267 g/mol. The maximum Gasteiger partial charge on any atom is 0.137 e. The summed E-state index contributed by atoms with van der Waals surface area (Å²) in [6, 6.07) is 0. The molecule has 0 amide bonds. The minimum absolute atomic E-state index is 0.286. The summed E-state index contributed by atoms with van der Waals surface area (Å²) in [7, 11) is 1.93. The topological polar surface area (TPSA) is 61.5 Å². The first-order chi connectivity index (χ1) is 9.22. The van der Waals surface area contributed by atoms with Crippen LogP contribution in [0.5, 0.6) is 0 Å². The van der Waals surface area contributed by atoms with Crippen LogP contribution >= 0.6 is 0 Å². The van der Waals surface area contributed by atoms with Crippen LogP contribution in [0.1, 0.15) is 37.6 Å². The van der Waals surface area contributed by atoms with E-state index in [0.717, 1.165) is 51.1 Å². The molecule has 0 radical (unpaired) electrons. The molecule has 1 aromatic rings. The number of aliphatic hydroxyl groups is 2. The van der Waals surface area contributed by atoms with Gasteiger partial charge in [-0.15, -0.1) is 0 Å². The van der Waals surface area contributed by atoms with Crippen LogP contribution in [0.4, 0.5) is 0 Å². The molecule has 1 saturated heterocycles. The normalized spacial score (nSPS) is 19.7. The predicted octanol–water partition coefficient (Wildman–Crippen LogP) is 0.938. The third-order valence-corrected chi connectivity index (χ3v) is 4.08. The Hall–Kier alpha value is -0.910. The molecule has 108 valence electrons. The Bertz CT molecular complexity index is 373. The fourth-order valence-electron chi connectivity index (χ4n) is 2.81. The highest BCUT2D eigenvalue weighted by Gasteiger charge is 2.28. The minimum atomic E-state index is -0.445. The lowest BCUT2D eigenvalue weighted by atomic mass is 9.90. The van der Waals surface area contributed by atoms with Gasteiger partial charge in [-0.05, 0) is 51.2 Å². The van der Waals surface area contributed by atoms with Gasteiger partial charge in [0.25, 0.3) is 0 Å². The number of unbranched alkanes of at least 4 members (excludes halogenated alkanes) is 1. The zero-order valence-corrected chi connectivity index (χ0v) is 11.7. The van der Waals surface area contributed by atoms with Crippen LogP contribution in [0.15, 0.2) is 12.4 Å². The molecule has 19 heavy (non-hydrogen) atoms. The molecule has 0 bridgehead atoms. The van der Waals surface area contributed by atoms with E-state index in [0.29, 0.717) is 5.92 Å². The average molecular weight is 267 g/mol. The van der Waals surface area contributed by atoms with E-state index < -0.39 is 6.10 Å². The molecule has 5 heteroatoms. The van der Waals surface area contributed by atoms with Crippen molar-refractivity contribution >= 4 is 0 Å². The Morgan fingerprint density at radius 3 is 2.68 bits per heavy atom. The van der Waals surface area contributed by atoms with E-state index in [1.807, 2.05) is 17.8 Å². The molecule has 1 aliphatic heterocycles. The summed E-state index contributed by atoms with van der Waals surface area (Å²) in [5.74, 6) is 1.09. The third-order valence-electron chi connectivity index (χ3n) is 4.08. The second-order valence-electron chi connectivity index (χ2n) is 5.45. The summed E-state index contributed by atoms with van der Waals surface area (Å²) in [6.07, 6.45) is 7.16. The number of piperidine rings is 1. The van der Waals surface area contributed by atoms with Gasteiger partial charge in [-0.3, -0.25) is 0 Å². The first-order valence-electron chi connectivity index (χ1n) is 7.21. The molecule has 2 heterocycles. The fraction of sp³-hybridized carbons (Fsp3) is 0.786. The highest BCUT2D eigenvalue weighted by molar-refractivity contribution is 4.98. The van der Waals surface area contributed by atoms with Gasteiger partial charge in [0, 0.05) is 26.0 Å². The zero-order valence-electron chi connectivity index (χ0n) is 11.7. The predicted molar refractivity (Wildman–Crippen MR) is 73.7 cm³/mol. The van der Waals surface area contributed by atoms with Gasteiger partial charge >= 0.3 is 0 Å². The van der Waals surface area contributed by atoms with E-state index in [1.54, 1.807) is 6.20 Å². The van der Waals surface area contributed by atoms with E-state index in [1.165, 1.54) is 0 Å². The minimum Gasteiger partial charge on any atom is -0.396 e. The largest absolute Gasteiger partial charge is 0.396 e. The summed E-state index contributed by atoms with van der Waals surface area (Å²) in [6.45, 7) is 3.43. The number of imidazole rings is 1. The van der Waals surface area contributed by atoms with Crippen molar-refractivity contribution in [1.82, 2.24) is 14.5 Å². The van der Waals surface area contributed by atoms with E-state index in [4.69, 9.17) is 5.11 Å². The summed E-state index contributed by atoms with van der Waals surface area (Å²) < 4.78 is 1.90. The standard InChI is InChI=1S/C14H25N3O2/c1-16-10-6-15-14(16)13(19)12-4-8-17(9-5-12)7-2-3-11-18/h6,10,12-13,18-19H,2-5,7-9,11H2,1H3. The molecular weight excluding hydrogens is 242 g/mol. The van der Waals surface area contributed by atoms with E-state index in [9.17, 15) is 5.11 Å². The molecule has 1 unspecified atom stereocenters. The molecule has 5 nitrogen and oxygen atoms in total.